The van der Waals surface area contributed by atoms with Crippen LogP contribution in [0.5, 0.6) is 11.5 Å². The van der Waals surface area contributed by atoms with Crippen molar-refractivity contribution in [3.63, 3.8) is 0 Å². The number of benzene rings is 4. The number of methoxy groups -OCH3 is 1. The highest BCUT2D eigenvalue weighted by molar-refractivity contribution is 6.04. The first-order chi connectivity index (χ1) is 18.1. The van der Waals surface area contributed by atoms with Gasteiger partial charge in [0.25, 0.3) is 5.91 Å². The minimum atomic E-state index is -0.149. The Kier molecular flexibility index (Phi) is 6.94. The molecule has 0 fully saturated rings. The number of anilines is 3. The second-order valence-electron chi connectivity index (χ2n) is 8.49. The zero-order chi connectivity index (χ0) is 25.6. The smallest absolute Gasteiger partial charge is 0.255 e. The summed E-state index contributed by atoms with van der Waals surface area (Å²) >= 11 is 0. The van der Waals surface area contributed by atoms with Gasteiger partial charge >= 0.3 is 0 Å². The van der Waals surface area contributed by atoms with Gasteiger partial charge in [0.15, 0.2) is 11.5 Å². The molecule has 0 unspecified atom stereocenters. The predicted octanol–water partition coefficient (Wildman–Crippen LogP) is 6.52. The second-order valence-corrected chi connectivity index (χ2v) is 8.49. The van der Waals surface area contributed by atoms with E-state index in [9.17, 15) is 4.79 Å². The third-order valence-corrected chi connectivity index (χ3v) is 5.93. The first-order valence-corrected chi connectivity index (χ1v) is 11.8. The van der Waals surface area contributed by atoms with Gasteiger partial charge < -0.3 is 20.1 Å². The van der Waals surface area contributed by atoms with Crippen LogP contribution < -0.4 is 20.1 Å². The highest BCUT2D eigenvalue weighted by atomic mass is 16.5. The van der Waals surface area contributed by atoms with Crippen molar-refractivity contribution >= 4 is 34.0 Å². The molecule has 2 N–H and O–H groups in total. The molecule has 4 aromatic carbocycles. The first kappa shape index (κ1) is 23.8. The fourth-order valence-corrected chi connectivity index (χ4v) is 3.97. The molecular weight excluding hydrogens is 464 g/mol. The van der Waals surface area contributed by atoms with Crippen molar-refractivity contribution in [1.29, 1.82) is 0 Å². The van der Waals surface area contributed by atoms with E-state index in [0.717, 1.165) is 33.4 Å². The minimum absolute atomic E-state index is 0.149. The number of aromatic nitrogens is 2. The van der Waals surface area contributed by atoms with Gasteiger partial charge in [-0.2, -0.15) is 0 Å². The van der Waals surface area contributed by atoms with Crippen molar-refractivity contribution < 1.29 is 14.3 Å². The van der Waals surface area contributed by atoms with Crippen LogP contribution in [0.2, 0.25) is 0 Å². The molecule has 5 aromatic rings. The highest BCUT2D eigenvalue weighted by Crippen LogP contribution is 2.35. The van der Waals surface area contributed by atoms with Gasteiger partial charge in [-0.05, 0) is 54.4 Å². The maximum atomic E-state index is 12.5. The summed E-state index contributed by atoms with van der Waals surface area (Å²) in [5, 5.41) is 7.13. The van der Waals surface area contributed by atoms with Gasteiger partial charge in [-0.1, -0.05) is 48.5 Å². The van der Waals surface area contributed by atoms with Crippen molar-refractivity contribution in [2.45, 2.75) is 13.5 Å². The average molecular weight is 491 g/mol. The Morgan fingerprint density at radius 2 is 1.62 bits per heavy atom. The van der Waals surface area contributed by atoms with Gasteiger partial charge in [-0.25, -0.2) is 9.97 Å². The number of hydrogen-bond acceptors (Lipinski definition) is 6. The predicted molar refractivity (Wildman–Crippen MR) is 146 cm³/mol. The summed E-state index contributed by atoms with van der Waals surface area (Å²) in [7, 11) is 1.61. The number of nitrogens with zero attached hydrogens (tertiary/aromatic N) is 2. The molecule has 1 aromatic heterocycles. The quantitative estimate of drug-likeness (QED) is 0.258. The average Bonchev–Trinajstić information content (AvgIpc) is 2.94. The molecule has 184 valence electrons. The molecule has 7 nitrogen and oxygen atoms in total. The largest absolute Gasteiger partial charge is 0.493 e. The number of nitrogens with one attached hydrogen (secondary N) is 2. The number of carbonyl (C=O) groups is 1. The minimum Gasteiger partial charge on any atom is -0.493 e. The summed E-state index contributed by atoms with van der Waals surface area (Å²) in [6.45, 7) is 2.37. The summed E-state index contributed by atoms with van der Waals surface area (Å²) in [5.74, 6) is 1.69. The number of hydrogen-bond donors (Lipinski definition) is 2. The fourth-order valence-electron chi connectivity index (χ4n) is 3.97. The van der Waals surface area contributed by atoms with Crippen molar-refractivity contribution in [2.75, 3.05) is 17.7 Å². The Morgan fingerprint density at radius 3 is 2.35 bits per heavy atom. The number of fused-ring (bicyclic) bond motifs is 1. The van der Waals surface area contributed by atoms with Crippen LogP contribution >= 0.6 is 0 Å². The Hall–Kier alpha value is -4.91. The molecule has 0 spiro atoms. The van der Waals surface area contributed by atoms with Crippen molar-refractivity contribution in [1.82, 2.24) is 9.97 Å². The van der Waals surface area contributed by atoms with E-state index in [4.69, 9.17) is 9.47 Å². The fraction of sp³-hybridized carbons (Fsp3) is 0.100. The van der Waals surface area contributed by atoms with Crippen LogP contribution in [-0.2, 0) is 6.61 Å². The molecule has 0 bridgehead atoms. The van der Waals surface area contributed by atoms with Gasteiger partial charge in [0, 0.05) is 28.4 Å². The molecular formula is C30H26N4O3. The second kappa shape index (κ2) is 10.8. The number of carbonyl (C=O) groups excluding carboxylic acids is 1. The maximum Gasteiger partial charge on any atom is 0.255 e. The zero-order valence-electron chi connectivity index (χ0n) is 20.6. The SMILES string of the molecule is COc1cc2c(Nc3ccc(NC(=O)c4ccccc4)c(C)c3)ncnc2cc1OCc1ccccc1. The lowest BCUT2D eigenvalue weighted by atomic mass is 10.1. The highest BCUT2D eigenvalue weighted by Gasteiger charge is 2.13. The van der Waals surface area contributed by atoms with Crippen LogP contribution in [0.4, 0.5) is 17.2 Å². The topological polar surface area (TPSA) is 85.4 Å². The van der Waals surface area contributed by atoms with E-state index in [1.807, 2.05) is 85.8 Å². The van der Waals surface area contributed by atoms with Crippen LogP contribution in [0.25, 0.3) is 10.9 Å². The van der Waals surface area contributed by atoms with E-state index in [1.54, 1.807) is 19.2 Å². The Labute approximate surface area is 215 Å². The summed E-state index contributed by atoms with van der Waals surface area (Å²) in [5.41, 5.74) is 4.89. The normalized spacial score (nSPS) is 10.6. The van der Waals surface area contributed by atoms with E-state index in [1.165, 1.54) is 6.33 Å². The van der Waals surface area contributed by atoms with Gasteiger partial charge in [0.05, 0.1) is 12.6 Å². The van der Waals surface area contributed by atoms with E-state index in [2.05, 4.69) is 20.6 Å². The molecule has 1 amide bonds. The Bertz CT molecular complexity index is 1540. The standard InChI is InChI=1S/C30H26N4O3/c1-20-15-23(13-14-25(20)34-30(35)22-11-7-4-8-12-22)33-29-24-16-27(36-2)28(17-26(24)31-19-32-29)37-18-21-9-5-3-6-10-21/h3-17,19H,18H2,1-2H3,(H,34,35)(H,31,32,33). The van der Waals surface area contributed by atoms with Gasteiger partial charge in [0.1, 0.15) is 18.8 Å². The van der Waals surface area contributed by atoms with Crippen LogP contribution in [0, 0.1) is 6.92 Å². The molecule has 0 aliphatic heterocycles. The lowest BCUT2D eigenvalue weighted by molar-refractivity contribution is 0.102. The zero-order valence-corrected chi connectivity index (χ0v) is 20.6. The molecule has 0 atom stereocenters. The van der Waals surface area contributed by atoms with E-state index < -0.39 is 0 Å². The number of ether oxygens (including phenoxy) is 2. The van der Waals surface area contributed by atoms with Gasteiger partial charge in [0.2, 0.25) is 0 Å². The molecule has 1 heterocycles. The molecule has 5 rings (SSSR count). The number of amides is 1. The van der Waals surface area contributed by atoms with E-state index >= 15 is 0 Å². The molecule has 0 aliphatic carbocycles. The van der Waals surface area contributed by atoms with E-state index in [-0.39, 0.29) is 5.91 Å². The third-order valence-electron chi connectivity index (χ3n) is 5.93. The van der Waals surface area contributed by atoms with Crippen molar-refractivity contribution in [2.24, 2.45) is 0 Å². The maximum absolute atomic E-state index is 12.5. The summed E-state index contributed by atoms with van der Waals surface area (Å²) in [6.07, 6.45) is 1.51. The van der Waals surface area contributed by atoms with Crippen molar-refractivity contribution in [3.8, 4) is 11.5 Å². The van der Waals surface area contributed by atoms with Crippen molar-refractivity contribution in [3.05, 3.63) is 114 Å². The summed E-state index contributed by atoms with van der Waals surface area (Å²) in [4.78, 5) is 21.4. The lowest BCUT2D eigenvalue weighted by Gasteiger charge is -2.15. The molecule has 37 heavy (non-hydrogen) atoms. The lowest BCUT2D eigenvalue weighted by Crippen LogP contribution is -2.12. The van der Waals surface area contributed by atoms with Gasteiger partial charge in [-0.15, -0.1) is 0 Å². The van der Waals surface area contributed by atoms with Gasteiger partial charge in [-0.3, -0.25) is 4.79 Å². The number of aryl methyl sites for hydroxylation is 1. The van der Waals surface area contributed by atoms with E-state index in [0.29, 0.717) is 29.5 Å². The first-order valence-electron chi connectivity index (χ1n) is 11.8. The Balaban J connectivity index is 1.36. The third kappa shape index (κ3) is 5.51. The van der Waals surface area contributed by atoms with Crippen LogP contribution in [0.3, 0.4) is 0 Å². The molecule has 0 saturated heterocycles. The van der Waals surface area contributed by atoms with Crippen LogP contribution in [0.1, 0.15) is 21.5 Å². The monoisotopic (exact) mass is 490 g/mol. The summed E-state index contributed by atoms with van der Waals surface area (Å²) in [6, 6.07) is 28.6. The molecule has 0 radical (unpaired) electrons. The Morgan fingerprint density at radius 1 is 0.865 bits per heavy atom. The van der Waals surface area contributed by atoms with Crippen LogP contribution in [0.15, 0.2) is 97.3 Å². The molecule has 0 aliphatic rings. The summed E-state index contributed by atoms with van der Waals surface area (Å²) < 4.78 is 11.6. The van der Waals surface area contributed by atoms with Crippen LogP contribution in [-0.4, -0.2) is 23.0 Å². The molecule has 0 saturated carbocycles. The number of rotatable bonds is 8. The molecule has 7 heteroatoms.